The zero-order chi connectivity index (χ0) is 17.3. The van der Waals surface area contributed by atoms with Gasteiger partial charge in [-0.3, -0.25) is 14.4 Å². The van der Waals surface area contributed by atoms with Crippen molar-refractivity contribution in [3.05, 3.63) is 0 Å². The van der Waals surface area contributed by atoms with Crippen LogP contribution in [0, 0.1) is 40.4 Å². The number of hydrogen-bond donors (Lipinski definition) is 0. The van der Waals surface area contributed by atoms with Crippen LogP contribution in [0.25, 0.3) is 0 Å². The molecule has 0 aromatic rings. The lowest BCUT2D eigenvalue weighted by Gasteiger charge is -2.59. The molecule has 0 bridgehead atoms. The Kier molecular flexibility index (Phi) is 3.61. The normalized spacial score (nSPS) is 50.9. The Balaban J connectivity index is 1.69. The summed E-state index contributed by atoms with van der Waals surface area (Å²) in [6.07, 6.45) is 7.24. The van der Waals surface area contributed by atoms with Gasteiger partial charge in [0.15, 0.2) is 0 Å². The molecular weight excluding hydrogens is 300 g/mol. The van der Waals surface area contributed by atoms with Gasteiger partial charge in [0, 0.05) is 30.6 Å². The SMILES string of the molecule is CC(=O)[C@@H]1CC[C@@H]2[C@H]3CC[C@@H]4CC(=O)CC[C@]4(C)[C@@H]3CC(=O)[C@@]21C. The molecule has 0 aromatic carbocycles. The first-order valence-electron chi connectivity index (χ1n) is 9.84. The first-order chi connectivity index (χ1) is 11.3. The van der Waals surface area contributed by atoms with E-state index in [0.717, 1.165) is 38.5 Å². The second kappa shape index (κ2) is 5.25. The summed E-state index contributed by atoms with van der Waals surface area (Å²) >= 11 is 0. The molecule has 3 heteroatoms. The van der Waals surface area contributed by atoms with Crippen molar-refractivity contribution in [2.45, 2.75) is 72.1 Å². The molecule has 24 heavy (non-hydrogen) atoms. The molecule has 4 rings (SSSR count). The van der Waals surface area contributed by atoms with Crippen molar-refractivity contribution < 1.29 is 14.4 Å². The van der Waals surface area contributed by atoms with E-state index in [1.807, 2.05) is 0 Å². The molecule has 4 fully saturated rings. The van der Waals surface area contributed by atoms with Crippen molar-refractivity contribution in [2.24, 2.45) is 40.4 Å². The van der Waals surface area contributed by atoms with Crippen LogP contribution in [0.4, 0.5) is 0 Å². The van der Waals surface area contributed by atoms with Gasteiger partial charge in [-0.2, -0.15) is 0 Å². The highest BCUT2D eigenvalue weighted by Crippen LogP contribution is 2.66. The molecule has 0 spiro atoms. The molecule has 3 nitrogen and oxygen atoms in total. The van der Waals surface area contributed by atoms with Gasteiger partial charge in [-0.15, -0.1) is 0 Å². The van der Waals surface area contributed by atoms with Gasteiger partial charge in [0.2, 0.25) is 0 Å². The number of carbonyl (C=O) groups excluding carboxylic acids is 3. The number of fused-ring (bicyclic) bond motifs is 5. The average molecular weight is 330 g/mol. The maximum Gasteiger partial charge on any atom is 0.140 e. The molecule has 0 aromatic heterocycles. The molecule has 0 unspecified atom stereocenters. The van der Waals surface area contributed by atoms with Crippen molar-refractivity contribution in [1.82, 2.24) is 0 Å². The van der Waals surface area contributed by atoms with Gasteiger partial charge < -0.3 is 0 Å². The number of hydrogen-bond acceptors (Lipinski definition) is 3. The van der Waals surface area contributed by atoms with Crippen LogP contribution in [0.15, 0.2) is 0 Å². The van der Waals surface area contributed by atoms with Crippen LogP contribution >= 0.6 is 0 Å². The zero-order valence-corrected chi connectivity index (χ0v) is 15.3. The lowest BCUT2D eigenvalue weighted by Crippen LogP contribution is -2.57. The largest absolute Gasteiger partial charge is 0.300 e. The van der Waals surface area contributed by atoms with Crippen LogP contribution in [0.5, 0.6) is 0 Å². The minimum atomic E-state index is -0.416. The molecule has 4 aliphatic carbocycles. The Labute approximate surface area is 144 Å². The number of Topliss-reactive ketones (excluding diaryl/α,β-unsaturated/α-hetero) is 3. The summed E-state index contributed by atoms with van der Waals surface area (Å²) in [5.74, 6) is 2.76. The third kappa shape index (κ3) is 1.99. The van der Waals surface area contributed by atoms with Gasteiger partial charge in [-0.25, -0.2) is 0 Å². The van der Waals surface area contributed by atoms with E-state index >= 15 is 0 Å². The Hall–Kier alpha value is -0.990. The van der Waals surface area contributed by atoms with Gasteiger partial charge in [0.05, 0.1) is 0 Å². The van der Waals surface area contributed by atoms with Crippen LogP contribution in [0.1, 0.15) is 72.1 Å². The van der Waals surface area contributed by atoms with E-state index in [1.54, 1.807) is 6.92 Å². The van der Waals surface area contributed by atoms with E-state index in [1.165, 1.54) is 0 Å². The average Bonchev–Trinajstić information content (AvgIpc) is 2.88. The van der Waals surface area contributed by atoms with Crippen molar-refractivity contribution in [1.29, 1.82) is 0 Å². The minimum Gasteiger partial charge on any atom is -0.300 e. The molecule has 132 valence electrons. The molecule has 0 aliphatic heterocycles. The third-order valence-electron chi connectivity index (χ3n) is 8.84. The smallest absolute Gasteiger partial charge is 0.140 e. The summed E-state index contributed by atoms with van der Waals surface area (Å²) in [6, 6.07) is 0. The standard InChI is InChI=1S/C21H30O3/c1-12(22)16-6-7-17-15-5-4-13-10-14(23)8-9-20(13,2)18(15)11-19(24)21(16,17)3/h13,15-18H,4-11H2,1-3H3/t13-,15-,16+,17-,18-,20+,21-/m1/s1. The molecule has 0 heterocycles. The Morgan fingerprint density at radius 2 is 1.75 bits per heavy atom. The monoisotopic (exact) mass is 330 g/mol. The summed E-state index contributed by atoms with van der Waals surface area (Å²) in [7, 11) is 0. The van der Waals surface area contributed by atoms with Crippen molar-refractivity contribution >= 4 is 17.3 Å². The number of carbonyl (C=O) groups is 3. The fourth-order valence-corrected chi connectivity index (χ4v) is 7.40. The van der Waals surface area contributed by atoms with Gasteiger partial charge in [0.1, 0.15) is 17.3 Å². The minimum absolute atomic E-state index is 0.0607. The number of rotatable bonds is 1. The topological polar surface area (TPSA) is 51.2 Å². The lowest BCUT2D eigenvalue weighted by atomic mass is 9.44. The molecule has 4 aliphatic rings. The summed E-state index contributed by atoms with van der Waals surface area (Å²) in [4.78, 5) is 37.3. The second-order valence-electron chi connectivity index (χ2n) is 9.55. The highest BCUT2D eigenvalue weighted by molar-refractivity contribution is 5.93. The fourth-order valence-electron chi connectivity index (χ4n) is 7.40. The summed E-state index contributed by atoms with van der Waals surface area (Å²) < 4.78 is 0. The van der Waals surface area contributed by atoms with E-state index in [9.17, 15) is 14.4 Å². The summed E-state index contributed by atoms with van der Waals surface area (Å²) in [6.45, 7) is 6.12. The highest BCUT2D eigenvalue weighted by atomic mass is 16.1. The highest BCUT2D eigenvalue weighted by Gasteiger charge is 2.64. The van der Waals surface area contributed by atoms with E-state index in [0.29, 0.717) is 48.1 Å². The van der Waals surface area contributed by atoms with E-state index < -0.39 is 5.41 Å². The van der Waals surface area contributed by atoms with E-state index in [4.69, 9.17) is 0 Å². The predicted molar refractivity (Wildman–Crippen MR) is 91.3 cm³/mol. The van der Waals surface area contributed by atoms with Crippen LogP contribution in [-0.2, 0) is 14.4 Å². The maximum absolute atomic E-state index is 13.2. The van der Waals surface area contributed by atoms with Gasteiger partial charge in [-0.05, 0) is 68.1 Å². The Morgan fingerprint density at radius 3 is 2.46 bits per heavy atom. The van der Waals surface area contributed by atoms with Crippen molar-refractivity contribution in [3.8, 4) is 0 Å². The second-order valence-corrected chi connectivity index (χ2v) is 9.55. The van der Waals surface area contributed by atoms with Gasteiger partial charge in [-0.1, -0.05) is 13.8 Å². The first kappa shape index (κ1) is 16.5. The third-order valence-corrected chi connectivity index (χ3v) is 8.84. The van der Waals surface area contributed by atoms with Crippen LogP contribution in [-0.4, -0.2) is 17.3 Å². The number of ketones is 3. The molecule has 4 saturated carbocycles. The predicted octanol–water partition coefficient (Wildman–Crippen LogP) is 3.98. The fraction of sp³-hybridized carbons (Fsp3) is 0.857. The zero-order valence-electron chi connectivity index (χ0n) is 15.3. The molecule has 0 amide bonds. The molecule has 0 N–H and O–H groups in total. The van der Waals surface area contributed by atoms with E-state index in [-0.39, 0.29) is 17.1 Å². The van der Waals surface area contributed by atoms with Crippen molar-refractivity contribution in [3.63, 3.8) is 0 Å². The first-order valence-corrected chi connectivity index (χ1v) is 9.84. The van der Waals surface area contributed by atoms with Crippen LogP contribution in [0.2, 0.25) is 0 Å². The molecule has 0 radical (unpaired) electrons. The van der Waals surface area contributed by atoms with Crippen LogP contribution in [0.3, 0.4) is 0 Å². The van der Waals surface area contributed by atoms with E-state index in [2.05, 4.69) is 13.8 Å². The Bertz CT molecular complexity index is 608. The van der Waals surface area contributed by atoms with Crippen molar-refractivity contribution in [2.75, 3.05) is 0 Å². The Morgan fingerprint density at radius 1 is 1.00 bits per heavy atom. The van der Waals surface area contributed by atoms with Gasteiger partial charge in [0.25, 0.3) is 0 Å². The lowest BCUT2D eigenvalue weighted by molar-refractivity contribution is -0.160. The van der Waals surface area contributed by atoms with Gasteiger partial charge >= 0.3 is 0 Å². The molecule has 0 saturated heterocycles. The molecule has 7 atom stereocenters. The summed E-state index contributed by atoms with van der Waals surface area (Å²) in [5, 5.41) is 0. The quantitative estimate of drug-likeness (QED) is 0.730. The maximum atomic E-state index is 13.2. The van der Waals surface area contributed by atoms with Crippen LogP contribution < -0.4 is 0 Å². The summed E-state index contributed by atoms with van der Waals surface area (Å²) in [5.41, 5.74) is -0.261. The molecular formula is C21H30O3.